The second-order valence-corrected chi connectivity index (χ2v) is 24.9. The summed E-state index contributed by atoms with van der Waals surface area (Å²) in [5.41, 5.74) is 1.17. The van der Waals surface area contributed by atoms with Gasteiger partial charge in [-0.15, -0.1) is 0 Å². The molecule has 2 rings (SSSR count). The Kier molecular flexibility index (Phi) is 11.6. The van der Waals surface area contributed by atoms with Crippen LogP contribution >= 0.6 is 27.0 Å². The van der Waals surface area contributed by atoms with Crippen molar-refractivity contribution in [1.82, 2.24) is 4.98 Å². The van der Waals surface area contributed by atoms with Crippen molar-refractivity contribution in [1.29, 1.82) is 0 Å². The summed E-state index contributed by atoms with van der Waals surface area (Å²) in [4.78, 5) is 4.25. The zero-order chi connectivity index (χ0) is 26.4. The van der Waals surface area contributed by atoms with E-state index in [0.717, 1.165) is 16.6 Å². The van der Waals surface area contributed by atoms with E-state index < -0.39 is 15.7 Å². The molecule has 0 N–H and O–H groups in total. The third-order valence-corrected chi connectivity index (χ3v) is 17.2. The van der Waals surface area contributed by atoms with Gasteiger partial charge in [0.1, 0.15) is 11.9 Å². The molecule has 1 heterocycles. The Hall–Kier alpha value is -0.666. The van der Waals surface area contributed by atoms with Gasteiger partial charge in [-0.2, -0.15) is 11.1 Å². The topological polar surface area (TPSA) is 31.4 Å². The zero-order valence-corrected chi connectivity index (χ0v) is 27.3. The van der Waals surface area contributed by atoms with Crippen molar-refractivity contribution in [3.05, 3.63) is 58.8 Å². The van der Waals surface area contributed by atoms with Gasteiger partial charge in [0.05, 0.1) is 6.10 Å². The van der Waals surface area contributed by atoms with Gasteiger partial charge in [0.15, 0.2) is 15.7 Å². The lowest BCUT2D eigenvalue weighted by Gasteiger charge is -2.41. The van der Waals surface area contributed by atoms with Gasteiger partial charge >= 0.3 is 0 Å². The number of aromatic nitrogens is 1. The monoisotopic (exact) mass is 585 g/mol. The second-order valence-electron chi connectivity index (χ2n) is 12.0. The molecule has 2 aromatic rings. The highest BCUT2D eigenvalue weighted by Gasteiger charge is 2.40. The summed E-state index contributed by atoms with van der Waals surface area (Å²) in [5.74, 6) is 0.857. The van der Waals surface area contributed by atoms with Crippen molar-refractivity contribution in [2.75, 3.05) is 0 Å². The van der Waals surface area contributed by atoms with E-state index in [1.54, 1.807) is 6.20 Å². The molecule has 3 nitrogen and oxygen atoms in total. The van der Waals surface area contributed by atoms with E-state index in [1.165, 1.54) is 5.56 Å². The van der Waals surface area contributed by atoms with Gasteiger partial charge in [-0.25, -0.2) is 0 Å². The lowest BCUT2D eigenvalue weighted by atomic mass is 10.1. The van der Waals surface area contributed by atoms with E-state index >= 15 is 0 Å². The third-order valence-electron chi connectivity index (χ3n) is 6.85. The molecule has 0 fully saturated rings. The minimum Gasteiger partial charge on any atom is -0.488 e. The van der Waals surface area contributed by atoms with E-state index in [9.17, 15) is 0 Å². The average Bonchev–Trinajstić information content (AvgIpc) is 2.68. The lowest BCUT2D eigenvalue weighted by Crippen LogP contribution is -2.48. The summed E-state index contributed by atoms with van der Waals surface area (Å²) < 4.78 is 14.0. The van der Waals surface area contributed by atoms with Crippen LogP contribution in [0.15, 0.2) is 53.3 Å². The number of halogens is 2. The van der Waals surface area contributed by atoms with E-state index in [1.807, 2.05) is 36.5 Å². The van der Waals surface area contributed by atoms with Crippen molar-refractivity contribution in [3.8, 4) is 5.75 Å². The van der Waals surface area contributed by atoms with Gasteiger partial charge in [0.25, 0.3) is 0 Å². The summed E-state index contributed by atoms with van der Waals surface area (Å²) in [6.45, 7) is 24.4. The molecule has 0 saturated heterocycles. The van der Waals surface area contributed by atoms with Crippen molar-refractivity contribution in [2.45, 2.75) is 103 Å². The van der Waals surface area contributed by atoms with Crippen molar-refractivity contribution in [2.24, 2.45) is 0 Å². The maximum Gasteiger partial charge on any atom is 0.192 e. The van der Waals surface area contributed by atoms with Crippen LogP contribution in [-0.4, -0.2) is 32.9 Å². The third kappa shape index (κ3) is 10.5. The van der Waals surface area contributed by atoms with Crippen LogP contribution in [0, 0.1) is 0 Å². The van der Waals surface area contributed by atoms with Crippen LogP contribution in [0.1, 0.15) is 54.0 Å². The highest BCUT2D eigenvalue weighted by Crippen LogP contribution is 2.39. The summed E-state index contributed by atoms with van der Waals surface area (Å²) in [5, 5.41) is 0.492. The fourth-order valence-electron chi connectivity index (χ4n) is 2.41. The molecule has 0 saturated carbocycles. The molecule has 0 amide bonds. The Morgan fingerprint density at radius 2 is 1.47 bits per heavy atom. The van der Waals surface area contributed by atoms with Gasteiger partial charge in [0.2, 0.25) is 0 Å². The van der Waals surface area contributed by atoms with Crippen molar-refractivity contribution >= 4 is 42.7 Å². The summed E-state index contributed by atoms with van der Waals surface area (Å²) in [6, 6.07) is 12.0. The fourth-order valence-corrected chi connectivity index (χ4v) is 4.06. The molecule has 2 atom stereocenters. The molecule has 34 heavy (non-hydrogen) atoms. The van der Waals surface area contributed by atoms with E-state index in [-0.39, 0.29) is 17.2 Å². The molecule has 0 spiro atoms. The smallest absolute Gasteiger partial charge is 0.192 e. The van der Waals surface area contributed by atoms with Gasteiger partial charge in [-0.1, -0.05) is 76.6 Å². The molecule has 1 aromatic heterocycles. The van der Waals surface area contributed by atoms with Gasteiger partial charge in [0, 0.05) is 23.3 Å². The van der Waals surface area contributed by atoms with Crippen LogP contribution in [-0.2, 0) is 10.8 Å². The van der Waals surface area contributed by atoms with Crippen LogP contribution in [0.5, 0.6) is 5.75 Å². The highest BCUT2D eigenvalue weighted by atomic mass is 79.9. The average molecular weight is 587 g/mol. The Morgan fingerprint density at radius 1 is 0.941 bits per heavy atom. The number of rotatable bonds is 7. The van der Waals surface area contributed by atoms with Crippen LogP contribution in [0.2, 0.25) is 36.3 Å². The molecule has 1 aromatic carbocycles. The highest BCUT2D eigenvalue weighted by molar-refractivity contribution is 9.10. The number of pyridine rings is 1. The van der Waals surface area contributed by atoms with E-state index in [4.69, 9.17) is 20.2 Å². The number of nitrogens with zero attached hydrogens (tertiary/aromatic N) is 1. The Labute approximate surface area is 224 Å². The Bertz CT molecular complexity index is 845. The van der Waals surface area contributed by atoms with Gasteiger partial charge in [-0.05, 0) is 66.0 Å². The summed E-state index contributed by atoms with van der Waals surface area (Å²) in [6.07, 6.45) is 4.41. The molecule has 7 heteroatoms. The number of hydrogen-bond donors (Lipinski definition) is 0. The van der Waals surface area contributed by atoms with Crippen LogP contribution in [0.25, 0.3) is 0 Å². The zero-order valence-electron chi connectivity index (χ0n) is 23.0. The van der Waals surface area contributed by atoms with E-state index in [0.29, 0.717) is 5.04 Å². The Morgan fingerprint density at radius 3 is 1.88 bits per heavy atom. The predicted octanol–water partition coefficient (Wildman–Crippen LogP) is 9.47. The molecule has 192 valence electrons. The van der Waals surface area contributed by atoms with Crippen LogP contribution < -0.4 is 4.74 Å². The number of ether oxygens (including phenoxy) is 1. The standard InChI is InChI=1S/C21H30BrNO2Si.C6H15ClSi/c1-16(24-19-11-9-18(22)10-12-19)20(14-17-8-7-13-23-15-17)25-26(5,6)21(2,3)4;1-6(2,3)8(4,5)7/h7-13,15-16,20H,14H2,1-6H3;1-5H3/t16-,20?;/m1./s1. The molecule has 0 aliphatic carbocycles. The molecule has 0 aliphatic rings. The molecule has 0 radical (unpaired) electrons. The Balaban J connectivity index is 0.000000620. The largest absolute Gasteiger partial charge is 0.488 e. The van der Waals surface area contributed by atoms with Crippen LogP contribution in [0.3, 0.4) is 0 Å². The SMILES string of the molecule is CC(C)(C)[Si](C)(C)Cl.C[C@@H](Oc1ccc(Br)cc1)C(Cc1cccnc1)O[Si](C)(C)C(C)(C)C. The van der Waals surface area contributed by atoms with Crippen molar-refractivity contribution in [3.63, 3.8) is 0 Å². The summed E-state index contributed by atoms with van der Waals surface area (Å²) >= 11 is 9.61. The predicted molar refractivity (Wildman–Crippen MR) is 157 cm³/mol. The molecule has 0 bridgehead atoms. The first-order valence-corrected chi connectivity index (χ1v) is 19.7. The number of hydrogen-bond acceptors (Lipinski definition) is 3. The number of benzene rings is 1. The van der Waals surface area contributed by atoms with Crippen LogP contribution in [0.4, 0.5) is 0 Å². The quantitative estimate of drug-likeness (QED) is 0.239. The first-order valence-electron chi connectivity index (χ1n) is 12.0. The molecular weight excluding hydrogens is 542 g/mol. The molecular formula is C27H45BrClNO2Si2. The van der Waals surface area contributed by atoms with E-state index in [2.05, 4.69) is 102 Å². The summed E-state index contributed by atoms with van der Waals surface area (Å²) in [7, 11) is -3.31. The lowest BCUT2D eigenvalue weighted by molar-refractivity contribution is 0.0556. The molecule has 0 aliphatic heterocycles. The minimum absolute atomic E-state index is 0.0243. The normalized spacial score (nSPS) is 14.6. The fraction of sp³-hybridized carbons (Fsp3) is 0.593. The maximum atomic E-state index is 6.74. The van der Waals surface area contributed by atoms with Gasteiger partial charge in [-0.3, -0.25) is 4.98 Å². The first-order chi connectivity index (χ1) is 15.3. The first kappa shape index (κ1) is 31.4. The minimum atomic E-state index is -1.92. The van der Waals surface area contributed by atoms with Crippen molar-refractivity contribution < 1.29 is 9.16 Å². The van der Waals surface area contributed by atoms with Gasteiger partial charge < -0.3 is 9.16 Å². The maximum absolute atomic E-state index is 6.74. The molecule has 1 unspecified atom stereocenters. The second kappa shape index (κ2) is 12.5.